The molecule has 0 bridgehead atoms. The molecule has 1 saturated heterocycles. The zero-order chi connectivity index (χ0) is 12.3. The maximum Gasteiger partial charge on any atom is 0.0646 e. The molecule has 0 radical (unpaired) electrons. The first-order valence-corrected chi connectivity index (χ1v) is 6.48. The SMILES string of the molecule is Cc1ccc(CCC2(C)COCCN2)c(C)c1. The molecule has 0 saturated carbocycles. The summed E-state index contributed by atoms with van der Waals surface area (Å²) in [6.07, 6.45) is 2.26. The summed E-state index contributed by atoms with van der Waals surface area (Å²) in [5.41, 5.74) is 4.36. The van der Waals surface area contributed by atoms with Gasteiger partial charge in [0.1, 0.15) is 0 Å². The van der Waals surface area contributed by atoms with Gasteiger partial charge in [-0.3, -0.25) is 0 Å². The molecule has 2 nitrogen and oxygen atoms in total. The van der Waals surface area contributed by atoms with E-state index in [1.54, 1.807) is 0 Å². The lowest BCUT2D eigenvalue weighted by Gasteiger charge is -2.35. The summed E-state index contributed by atoms with van der Waals surface area (Å²) in [6, 6.07) is 6.73. The van der Waals surface area contributed by atoms with Gasteiger partial charge in [0, 0.05) is 12.1 Å². The second-order valence-electron chi connectivity index (χ2n) is 5.47. The minimum Gasteiger partial charge on any atom is -0.378 e. The third kappa shape index (κ3) is 3.30. The Bertz CT molecular complexity index is 381. The molecule has 1 atom stereocenters. The van der Waals surface area contributed by atoms with Crippen molar-refractivity contribution in [3.63, 3.8) is 0 Å². The van der Waals surface area contributed by atoms with Gasteiger partial charge < -0.3 is 10.1 Å². The number of nitrogens with one attached hydrogen (secondary N) is 1. The highest BCUT2D eigenvalue weighted by Gasteiger charge is 2.26. The van der Waals surface area contributed by atoms with Crippen LogP contribution in [0.4, 0.5) is 0 Å². The first-order valence-electron chi connectivity index (χ1n) is 6.48. The van der Waals surface area contributed by atoms with Gasteiger partial charge in [0.15, 0.2) is 0 Å². The number of ether oxygens (including phenoxy) is 1. The molecule has 1 aromatic rings. The van der Waals surface area contributed by atoms with Crippen LogP contribution < -0.4 is 5.32 Å². The second kappa shape index (κ2) is 5.19. The zero-order valence-electron chi connectivity index (χ0n) is 11.2. The fraction of sp³-hybridized carbons (Fsp3) is 0.600. The molecule has 0 amide bonds. The monoisotopic (exact) mass is 233 g/mol. The fourth-order valence-corrected chi connectivity index (χ4v) is 2.47. The van der Waals surface area contributed by atoms with Gasteiger partial charge in [-0.25, -0.2) is 0 Å². The molecule has 2 heteroatoms. The Labute approximate surface area is 104 Å². The third-order valence-electron chi connectivity index (χ3n) is 3.66. The van der Waals surface area contributed by atoms with Crippen molar-refractivity contribution in [3.05, 3.63) is 34.9 Å². The van der Waals surface area contributed by atoms with Crippen molar-refractivity contribution in [3.8, 4) is 0 Å². The van der Waals surface area contributed by atoms with Gasteiger partial charge in [-0.1, -0.05) is 23.8 Å². The topological polar surface area (TPSA) is 21.3 Å². The molecule has 0 aromatic heterocycles. The van der Waals surface area contributed by atoms with E-state index in [1.807, 2.05) is 0 Å². The van der Waals surface area contributed by atoms with Crippen molar-refractivity contribution in [2.75, 3.05) is 19.8 Å². The van der Waals surface area contributed by atoms with E-state index in [0.29, 0.717) is 0 Å². The van der Waals surface area contributed by atoms with Crippen LogP contribution in [0.1, 0.15) is 30.0 Å². The lowest BCUT2D eigenvalue weighted by atomic mass is 9.91. The van der Waals surface area contributed by atoms with Crippen molar-refractivity contribution < 1.29 is 4.74 Å². The highest BCUT2D eigenvalue weighted by Crippen LogP contribution is 2.19. The Kier molecular flexibility index (Phi) is 3.85. The number of rotatable bonds is 3. The molecule has 1 fully saturated rings. The number of aryl methyl sites for hydroxylation is 3. The lowest BCUT2D eigenvalue weighted by Crippen LogP contribution is -2.52. The van der Waals surface area contributed by atoms with E-state index in [9.17, 15) is 0 Å². The number of morpholine rings is 1. The van der Waals surface area contributed by atoms with Crippen LogP contribution >= 0.6 is 0 Å². The van der Waals surface area contributed by atoms with E-state index in [-0.39, 0.29) is 5.54 Å². The summed E-state index contributed by atoms with van der Waals surface area (Å²) >= 11 is 0. The number of hydrogen-bond donors (Lipinski definition) is 1. The summed E-state index contributed by atoms with van der Waals surface area (Å²) in [7, 11) is 0. The highest BCUT2D eigenvalue weighted by molar-refractivity contribution is 5.30. The highest BCUT2D eigenvalue weighted by atomic mass is 16.5. The molecule has 1 unspecified atom stereocenters. The zero-order valence-corrected chi connectivity index (χ0v) is 11.2. The average molecular weight is 233 g/mol. The number of hydrogen-bond acceptors (Lipinski definition) is 2. The van der Waals surface area contributed by atoms with E-state index < -0.39 is 0 Å². The predicted octanol–water partition coefficient (Wildman–Crippen LogP) is 2.61. The molecule has 94 valence electrons. The largest absolute Gasteiger partial charge is 0.378 e. The van der Waals surface area contributed by atoms with Crippen LogP contribution in [0.3, 0.4) is 0 Å². The van der Waals surface area contributed by atoms with Crippen molar-refractivity contribution in [1.29, 1.82) is 0 Å². The van der Waals surface area contributed by atoms with E-state index >= 15 is 0 Å². The van der Waals surface area contributed by atoms with Gasteiger partial charge in [0.05, 0.1) is 13.2 Å². The molecule has 1 aromatic carbocycles. The summed E-state index contributed by atoms with van der Waals surface area (Å²) in [6.45, 7) is 9.26. The molecule has 1 N–H and O–H groups in total. The van der Waals surface area contributed by atoms with Crippen LogP contribution in [-0.2, 0) is 11.2 Å². The summed E-state index contributed by atoms with van der Waals surface area (Å²) in [5.74, 6) is 0. The maximum atomic E-state index is 5.56. The molecule has 2 rings (SSSR count). The van der Waals surface area contributed by atoms with E-state index in [2.05, 4.69) is 44.3 Å². The minimum absolute atomic E-state index is 0.148. The fourth-order valence-electron chi connectivity index (χ4n) is 2.47. The minimum atomic E-state index is 0.148. The van der Waals surface area contributed by atoms with E-state index in [0.717, 1.165) is 32.6 Å². The van der Waals surface area contributed by atoms with E-state index in [4.69, 9.17) is 4.74 Å². The van der Waals surface area contributed by atoms with Crippen molar-refractivity contribution in [2.45, 2.75) is 39.2 Å². The molecule has 1 aliphatic heterocycles. The van der Waals surface area contributed by atoms with Crippen molar-refractivity contribution in [2.24, 2.45) is 0 Å². The van der Waals surface area contributed by atoms with Gasteiger partial charge in [-0.2, -0.15) is 0 Å². The first-order chi connectivity index (χ1) is 8.09. The smallest absolute Gasteiger partial charge is 0.0646 e. The van der Waals surface area contributed by atoms with Gasteiger partial charge in [-0.15, -0.1) is 0 Å². The molecule has 0 aliphatic carbocycles. The first kappa shape index (κ1) is 12.6. The molecular weight excluding hydrogens is 210 g/mol. The van der Waals surface area contributed by atoms with Gasteiger partial charge in [-0.05, 0) is 44.7 Å². The second-order valence-corrected chi connectivity index (χ2v) is 5.47. The van der Waals surface area contributed by atoms with Crippen molar-refractivity contribution >= 4 is 0 Å². The molecular formula is C15H23NO. The standard InChI is InChI=1S/C15H23NO/c1-12-4-5-14(13(2)10-12)6-7-15(3)11-17-9-8-16-15/h4-5,10,16H,6-9,11H2,1-3H3. The molecule has 0 spiro atoms. The molecule has 17 heavy (non-hydrogen) atoms. The third-order valence-corrected chi connectivity index (χ3v) is 3.66. The Balaban J connectivity index is 1.97. The lowest BCUT2D eigenvalue weighted by molar-refractivity contribution is 0.0318. The van der Waals surface area contributed by atoms with Crippen molar-refractivity contribution in [1.82, 2.24) is 5.32 Å². The van der Waals surface area contributed by atoms with Gasteiger partial charge in [0.25, 0.3) is 0 Å². The Morgan fingerprint density at radius 3 is 2.82 bits per heavy atom. The Morgan fingerprint density at radius 2 is 2.18 bits per heavy atom. The van der Waals surface area contributed by atoms with Crippen LogP contribution in [0.25, 0.3) is 0 Å². The normalized spacial score (nSPS) is 24.9. The Morgan fingerprint density at radius 1 is 1.35 bits per heavy atom. The Hall–Kier alpha value is -0.860. The average Bonchev–Trinajstić information content (AvgIpc) is 2.29. The summed E-state index contributed by atoms with van der Waals surface area (Å²) < 4.78 is 5.56. The molecule has 1 heterocycles. The van der Waals surface area contributed by atoms with Crippen LogP contribution in [0.2, 0.25) is 0 Å². The maximum absolute atomic E-state index is 5.56. The quantitative estimate of drug-likeness (QED) is 0.866. The summed E-state index contributed by atoms with van der Waals surface area (Å²) in [5, 5.41) is 3.57. The summed E-state index contributed by atoms with van der Waals surface area (Å²) in [4.78, 5) is 0. The van der Waals surface area contributed by atoms with Crippen LogP contribution in [0, 0.1) is 13.8 Å². The van der Waals surface area contributed by atoms with Crippen LogP contribution in [-0.4, -0.2) is 25.3 Å². The molecule has 1 aliphatic rings. The van der Waals surface area contributed by atoms with Gasteiger partial charge >= 0.3 is 0 Å². The van der Waals surface area contributed by atoms with Gasteiger partial charge in [0.2, 0.25) is 0 Å². The number of benzene rings is 1. The van der Waals surface area contributed by atoms with Crippen LogP contribution in [0.15, 0.2) is 18.2 Å². The van der Waals surface area contributed by atoms with Crippen LogP contribution in [0.5, 0.6) is 0 Å². The van der Waals surface area contributed by atoms with E-state index in [1.165, 1.54) is 16.7 Å². The predicted molar refractivity (Wildman–Crippen MR) is 71.5 cm³/mol.